The first-order valence-corrected chi connectivity index (χ1v) is 6.60. The van der Waals surface area contributed by atoms with Crippen LogP contribution in [0.25, 0.3) is 22.5 Å². The van der Waals surface area contributed by atoms with E-state index in [1.807, 2.05) is 0 Å². The van der Waals surface area contributed by atoms with Gasteiger partial charge in [-0.15, -0.1) is 0 Å². The SMILES string of the molecule is Cn1cc(-c2ncc(N)nc2-c2ccc(F)cc2)ccc1=O. The summed E-state index contributed by atoms with van der Waals surface area (Å²) in [5, 5.41) is 0. The van der Waals surface area contributed by atoms with Crippen molar-refractivity contribution in [2.75, 3.05) is 5.73 Å². The van der Waals surface area contributed by atoms with E-state index in [1.165, 1.54) is 29.0 Å². The van der Waals surface area contributed by atoms with E-state index in [9.17, 15) is 9.18 Å². The summed E-state index contributed by atoms with van der Waals surface area (Å²) in [7, 11) is 1.66. The molecule has 22 heavy (non-hydrogen) atoms. The summed E-state index contributed by atoms with van der Waals surface area (Å²) in [6.45, 7) is 0. The van der Waals surface area contributed by atoms with Crippen molar-refractivity contribution in [3.05, 3.63) is 65.0 Å². The first kappa shape index (κ1) is 13.9. The number of hydrogen-bond donors (Lipinski definition) is 1. The molecule has 0 bridgehead atoms. The Labute approximate surface area is 125 Å². The van der Waals surface area contributed by atoms with Gasteiger partial charge < -0.3 is 10.3 Å². The van der Waals surface area contributed by atoms with Crippen molar-refractivity contribution in [3.63, 3.8) is 0 Å². The van der Waals surface area contributed by atoms with Gasteiger partial charge in [-0.2, -0.15) is 0 Å². The van der Waals surface area contributed by atoms with Crippen molar-refractivity contribution in [1.82, 2.24) is 14.5 Å². The monoisotopic (exact) mass is 296 g/mol. The van der Waals surface area contributed by atoms with Crippen LogP contribution in [0, 0.1) is 5.82 Å². The van der Waals surface area contributed by atoms with Gasteiger partial charge in [-0.05, 0) is 30.3 Å². The van der Waals surface area contributed by atoms with Crippen molar-refractivity contribution in [3.8, 4) is 22.5 Å². The third kappa shape index (κ3) is 2.58. The van der Waals surface area contributed by atoms with E-state index in [1.54, 1.807) is 31.4 Å². The molecule has 2 heterocycles. The molecule has 5 nitrogen and oxygen atoms in total. The summed E-state index contributed by atoms with van der Waals surface area (Å²) in [4.78, 5) is 20.1. The molecule has 0 aliphatic rings. The Balaban J connectivity index is 2.21. The van der Waals surface area contributed by atoms with Gasteiger partial charge in [0.15, 0.2) is 0 Å². The number of aromatic nitrogens is 3. The number of pyridine rings is 1. The lowest BCUT2D eigenvalue weighted by Gasteiger charge is -2.10. The lowest BCUT2D eigenvalue weighted by atomic mass is 10.1. The summed E-state index contributed by atoms with van der Waals surface area (Å²) in [5.41, 5.74) is 8.16. The average Bonchev–Trinajstić information content (AvgIpc) is 2.51. The van der Waals surface area contributed by atoms with Crippen LogP contribution in [0.1, 0.15) is 0 Å². The Hall–Kier alpha value is -3.02. The number of aryl methyl sites for hydroxylation is 1. The van der Waals surface area contributed by atoms with Crippen LogP contribution in [0.4, 0.5) is 10.2 Å². The van der Waals surface area contributed by atoms with Crippen LogP contribution in [-0.2, 0) is 7.05 Å². The highest BCUT2D eigenvalue weighted by molar-refractivity contribution is 5.78. The molecule has 0 fully saturated rings. The van der Waals surface area contributed by atoms with Crippen molar-refractivity contribution in [2.24, 2.45) is 7.05 Å². The lowest BCUT2D eigenvalue weighted by Crippen LogP contribution is -2.14. The van der Waals surface area contributed by atoms with Gasteiger partial charge in [0.25, 0.3) is 0 Å². The van der Waals surface area contributed by atoms with Gasteiger partial charge in [0.05, 0.1) is 17.6 Å². The van der Waals surface area contributed by atoms with E-state index < -0.39 is 0 Å². The molecule has 0 aliphatic carbocycles. The summed E-state index contributed by atoms with van der Waals surface area (Å²) < 4.78 is 14.6. The molecule has 2 aromatic heterocycles. The standard InChI is InChI=1S/C16H13FN4O/c1-21-9-11(4-7-14(21)22)15-16(20-13(18)8-19-15)10-2-5-12(17)6-3-10/h2-9H,1H3,(H2,18,20). The van der Waals surface area contributed by atoms with Crippen LogP contribution >= 0.6 is 0 Å². The summed E-state index contributed by atoms with van der Waals surface area (Å²) in [6.07, 6.45) is 3.13. The first-order valence-electron chi connectivity index (χ1n) is 6.60. The van der Waals surface area contributed by atoms with Crippen molar-refractivity contribution >= 4 is 5.82 Å². The zero-order chi connectivity index (χ0) is 15.7. The van der Waals surface area contributed by atoms with Gasteiger partial charge in [0.1, 0.15) is 11.6 Å². The molecule has 110 valence electrons. The van der Waals surface area contributed by atoms with E-state index in [0.717, 1.165) is 5.56 Å². The summed E-state index contributed by atoms with van der Waals surface area (Å²) in [6, 6.07) is 9.07. The number of hydrogen-bond acceptors (Lipinski definition) is 4. The molecule has 0 saturated heterocycles. The molecule has 0 unspecified atom stereocenters. The number of halogens is 1. The van der Waals surface area contributed by atoms with Crippen LogP contribution in [0.3, 0.4) is 0 Å². The highest BCUT2D eigenvalue weighted by atomic mass is 19.1. The zero-order valence-corrected chi connectivity index (χ0v) is 11.8. The molecule has 0 radical (unpaired) electrons. The van der Waals surface area contributed by atoms with Gasteiger partial charge in [-0.25, -0.2) is 9.37 Å². The summed E-state index contributed by atoms with van der Waals surface area (Å²) in [5.74, 6) is -0.0582. The third-order valence-corrected chi connectivity index (χ3v) is 3.27. The van der Waals surface area contributed by atoms with E-state index in [-0.39, 0.29) is 17.2 Å². The molecule has 0 saturated carbocycles. The first-order chi connectivity index (χ1) is 10.5. The highest BCUT2D eigenvalue weighted by Gasteiger charge is 2.12. The second-order valence-corrected chi connectivity index (χ2v) is 4.87. The maximum atomic E-state index is 13.1. The number of nitrogen functional groups attached to an aromatic ring is 1. The highest BCUT2D eigenvalue weighted by Crippen LogP contribution is 2.28. The molecule has 3 aromatic rings. The number of anilines is 1. The van der Waals surface area contributed by atoms with E-state index in [0.29, 0.717) is 17.0 Å². The predicted molar refractivity (Wildman–Crippen MR) is 82.5 cm³/mol. The van der Waals surface area contributed by atoms with Crippen LogP contribution in [0.15, 0.2) is 53.6 Å². The Kier molecular flexibility index (Phi) is 3.42. The van der Waals surface area contributed by atoms with Crippen molar-refractivity contribution in [1.29, 1.82) is 0 Å². The fourth-order valence-electron chi connectivity index (χ4n) is 2.16. The van der Waals surface area contributed by atoms with E-state index in [2.05, 4.69) is 9.97 Å². The molecule has 0 amide bonds. The maximum absolute atomic E-state index is 13.1. The smallest absolute Gasteiger partial charge is 0.250 e. The largest absolute Gasteiger partial charge is 0.382 e. The topological polar surface area (TPSA) is 73.8 Å². The second kappa shape index (κ2) is 5.40. The zero-order valence-electron chi connectivity index (χ0n) is 11.8. The van der Waals surface area contributed by atoms with Crippen molar-refractivity contribution < 1.29 is 4.39 Å². The maximum Gasteiger partial charge on any atom is 0.250 e. The molecule has 6 heteroatoms. The van der Waals surface area contributed by atoms with Gasteiger partial charge in [-0.1, -0.05) is 0 Å². The molecule has 0 spiro atoms. The molecule has 1 aromatic carbocycles. The average molecular weight is 296 g/mol. The Morgan fingerprint density at radius 2 is 1.73 bits per heavy atom. The van der Waals surface area contributed by atoms with Gasteiger partial charge in [0.2, 0.25) is 5.56 Å². The molecule has 0 aliphatic heterocycles. The predicted octanol–water partition coefficient (Wildman–Crippen LogP) is 2.23. The fraction of sp³-hybridized carbons (Fsp3) is 0.0625. The molecular formula is C16H13FN4O. The quantitative estimate of drug-likeness (QED) is 0.787. The molecule has 0 atom stereocenters. The fourth-order valence-corrected chi connectivity index (χ4v) is 2.16. The number of benzene rings is 1. The lowest BCUT2D eigenvalue weighted by molar-refractivity contribution is 0.628. The van der Waals surface area contributed by atoms with E-state index in [4.69, 9.17) is 5.73 Å². The Morgan fingerprint density at radius 3 is 2.41 bits per heavy atom. The Bertz CT molecular complexity index is 887. The number of nitrogens with zero attached hydrogens (tertiary/aromatic N) is 3. The van der Waals surface area contributed by atoms with Crippen LogP contribution < -0.4 is 11.3 Å². The number of nitrogens with two attached hydrogens (primary N) is 1. The van der Waals surface area contributed by atoms with Crippen molar-refractivity contribution in [2.45, 2.75) is 0 Å². The van der Waals surface area contributed by atoms with Crippen LogP contribution in [0.5, 0.6) is 0 Å². The second-order valence-electron chi connectivity index (χ2n) is 4.87. The van der Waals surface area contributed by atoms with E-state index >= 15 is 0 Å². The number of rotatable bonds is 2. The minimum Gasteiger partial charge on any atom is -0.382 e. The molecule has 3 rings (SSSR count). The van der Waals surface area contributed by atoms with Gasteiger partial charge >= 0.3 is 0 Å². The van der Waals surface area contributed by atoms with Crippen LogP contribution in [0.2, 0.25) is 0 Å². The minimum atomic E-state index is -0.329. The molecule has 2 N–H and O–H groups in total. The van der Waals surface area contributed by atoms with Gasteiger partial charge in [0, 0.05) is 30.4 Å². The molecular weight excluding hydrogens is 283 g/mol. The van der Waals surface area contributed by atoms with Crippen LogP contribution in [-0.4, -0.2) is 14.5 Å². The normalized spacial score (nSPS) is 10.6. The van der Waals surface area contributed by atoms with Gasteiger partial charge in [-0.3, -0.25) is 9.78 Å². The Morgan fingerprint density at radius 1 is 1.05 bits per heavy atom. The minimum absolute atomic E-state index is 0.115. The third-order valence-electron chi connectivity index (χ3n) is 3.27. The summed E-state index contributed by atoms with van der Waals surface area (Å²) >= 11 is 0.